The van der Waals surface area contributed by atoms with E-state index in [2.05, 4.69) is 6.58 Å². The lowest BCUT2D eigenvalue weighted by molar-refractivity contribution is -0.135. The van der Waals surface area contributed by atoms with Crippen LogP contribution >= 0.6 is 0 Å². The molecule has 2 N–H and O–H groups in total. The quantitative estimate of drug-likeness (QED) is 0.877. The van der Waals surface area contributed by atoms with E-state index in [9.17, 15) is 4.79 Å². The van der Waals surface area contributed by atoms with Crippen LogP contribution in [-0.4, -0.2) is 13.1 Å². The van der Waals surface area contributed by atoms with Crippen LogP contribution in [0.2, 0.25) is 0 Å². The first-order valence-electron chi connectivity index (χ1n) is 7.68. The molecule has 2 aromatic rings. The fourth-order valence-corrected chi connectivity index (χ4v) is 2.75. The summed E-state index contributed by atoms with van der Waals surface area (Å²) >= 11 is 0. The minimum Gasteiger partial charge on any atom is -0.479 e. The average molecular weight is 321 g/mol. The zero-order valence-electron chi connectivity index (χ0n) is 13.5. The highest BCUT2D eigenvalue weighted by Crippen LogP contribution is 2.44. The van der Waals surface area contributed by atoms with Crippen molar-refractivity contribution < 1.29 is 14.3 Å². The molecule has 1 aliphatic rings. The van der Waals surface area contributed by atoms with Crippen molar-refractivity contribution in [1.82, 2.24) is 0 Å². The number of methoxy groups -OCH3 is 1. The van der Waals surface area contributed by atoms with Crippen LogP contribution in [0.25, 0.3) is 5.76 Å². The van der Waals surface area contributed by atoms with E-state index >= 15 is 0 Å². The molecule has 1 aliphatic heterocycles. The molecule has 122 valence electrons. The first-order valence-corrected chi connectivity index (χ1v) is 7.68. The fourth-order valence-electron chi connectivity index (χ4n) is 2.75. The molecule has 0 aromatic heterocycles. The van der Waals surface area contributed by atoms with Crippen LogP contribution in [0.3, 0.4) is 0 Å². The monoisotopic (exact) mass is 321 g/mol. The number of nitrogens with two attached hydrogens (primary N) is 1. The van der Waals surface area contributed by atoms with Gasteiger partial charge in [0.2, 0.25) is 0 Å². The SMILES string of the molecule is C=C1C(C(=O)OC)=C(c2ccc(CN)cc2)O[C@@H]1c1ccccc1. The summed E-state index contributed by atoms with van der Waals surface area (Å²) < 4.78 is 11.0. The molecule has 0 bridgehead atoms. The van der Waals surface area contributed by atoms with Gasteiger partial charge in [0.25, 0.3) is 0 Å². The number of esters is 1. The summed E-state index contributed by atoms with van der Waals surface area (Å²) in [5.74, 6) is 0.0422. The Kier molecular flexibility index (Phi) is 4.49. The van der Waals surface area contributed by atoms with Crippen LogP contribution < -0.4 is 5.73 Å². The molecular formula is C20H19NO3. The van der Waals surface area contributed by atoms with E-state index in [1.54, 1.807) is 0 Å². The van der Waals surface area contributed by atoms with Crippen LogP contribution in [0.15, 0.2) is 72.3 Å². The van der Waals surface area contributed by atoms with E-state index in [0.717, 1.165) is 16.7 Å². The Morgan fingerprint density at radius 3 is 2.42 bits per heavy atom. The Morgan fingerprint density at radius 2 is 1.83 bits per heavy atom. The molecular weight excluding hydrogens is 302 g/mol. The second-order valence-electron chi connectivity index (χ2n) is 5.53. The molecule has 0 radical (unpaired) electrons. The van der Waals surface area contributed by atoms with Crippen molar-refractivity contribution in [2.24, 2.45) is 5.73 Å². The summed E-state index contributed by atoms with van der Waals surface area (Å²) in [6.45, 7) is 4.53. The van der Waals surface area contributed by atoms with Crippen molar-refractivity contribution in [3.8, 4) is 0 Å². The van der Waals surface area contributed by atoms with Crippen molar-refractivity contribution in [2.45, 2.75) is 12.6 Å². The number of rotatable bonds is 4. The lowest BCUT2D eigenvalue weighted by Gasteiger charge is -2.14. The Bertz CT molecular complexity index is 791. The molecule has 0 amide bonds. The topological polar surface area (TPSA) is 61.5 Å². The van der Waals surface area contributed by atoms with E-state index in [-0.39, 0.29) is 0 Å². The van der Waals surface area contributed by atoms with Gasteiger partial charge in [0.05, 0.1) is 7.11 Å². The maximum absolute atomic E-state index is 12.3. The molecule has 0 spiro atoms. The van der Waals surface area contributed by atoms with E-state index < -0.39 is 12.1 Å². The molecule has 0 aliphatic carbocycles. The minimum atomic E-state index is -0.448. The average Bonchev–Trinajstić information content (AvgIpc) is 2.99. The molecule has 1 heterocycles. The summed E-state index contributed by atoms with van der Waals surface area (Å²) in [4.78, 5) is 12.3. The highest BCUT2D eigenvalue weighted by Gasteiger charge is 2.36. The summed E-state index contributed by atoms with van der Waals surface area (Å²) in [5, 5.41) is 0. The van der Waals surface area contributed by atoms with Crippen molar-refractivity contribution in [1.29, 1.82) is 0 Å². The third-order valence-electron chi connectivity index (χ3n) is 4.04. The van der Waals surface area contributed by atoms with Gasteiger partial charge in [0.1, 0.15) is 17.4 Å². The van der Waals surface area contributed by atoms with Gasteiger partial charge in [-0.2, -0.15) is 0 Å². The largest absolute Gasteiger partial charge is 0.479 e. The van der Waals surface area contributed by atoms with Gasteiger partial charge in [-0.3, -0.25) is 0 Å². The van der Waals surface area contributed by atoms with Crippen LogP contribution in [0, 0.1) is 0 Å². The fraction of sp³-hybridized carbons (Fsp3) is 0.150. The second kappa shape index (κ2) is 6.72. The van der Waals surface area contributed by atoms with Crippen LogP contribution in [0.1, 0.15) is 22.8 Å². The number of carbonyl (C=O) groups is 1. The van der Waals surface area contributed by atoms with Gasteiger partial charge >= 0.3 is 5.97 Å². The maximum atomic E-state index is 12.3. The highest BCUT2D eigenvalue weighted by atomic mass is 16.5. The third kappa shape index (κ3) is 2.84. The summed E-state index contributed by atoms with van der Waals surface area (Å²) in [6.07, 6.45) is -0.399. The highest BCUT2D eigenvalue weighted by molar-refractivity contribution is 6.02. The lowest BCUT2D eigenvalue weighted by Crippen LogP contribution is -2.07. The van der Waals surface area contributed by atoms with Gasteiger partial charge in [-0.15, -0.1) is 0 Å². The summed E-state index contributed by atoms with van der Waals surface area (Å²) in [7, 11) is 1.35. The van der Waals surface area contributed by atoms with Gasteiger partial charge in [-0.1, -0.05) is 61.2 Å². The van der Waals surface area contributed by atoms with Gasteiger partial charge in [-0.05, 0) is 11.1 Å². The number of carbonyl (C=O) groups excluding carboxylic acids is 1. The Balaban J connectivity index is 2.03. The molecule has 0 unspecified atom stereocenters. The Labute approximate surface area is 141 Å². The Hall–Kier alpha value is -2.85. The molecule has 0 saturated heterocycles. The summed E-state index contributed by atoms with van der Waals surface area (Å²) in [5.41, 5.74) is 9.37. The molecule has 0 saturated carbocycles. The van der Waals surface area contributed by atoms with Crippen molar-refractivity contribution >= 4 is 11.7 Å². The zero-order valence-corrected chi connectivity index (χ0v) is 13.5. The van der Waals surface area contributed by atoms with Crippen LogP contribution in [-0.2, 0) is 20.8 Å². The first-order chi connectivity index (χ1) is 11.7. The first kappa shape index (κ1) is 16.0. The molecule has 2 aromatic carbocycles. The van der Waals surface area contributed by atoms with Crippen LogP contribution in [0.5, 0.6) is 0 Å². The van der Waals surface area contributed by atoms with Gasteiger partial charge in [0.15, 0.2) is 0 Å². The molecule has 3 rings (SSSR count). The molecule has 4 nitrogen and oxygen atoms in total. The number of ether oxygens (including phenoxy) is 2. The summed E-state index contributed by atoms with van der Waals surface area (Å²) in [6, 6.07) is 17.3. The van der Waals surface area contributed by atoms with Gasteiger partial charge in [0, 0.05) is 17.7 Å². The van der Waals surface area contributed by atoms with E-state index in [4.69, 9.17) is 15.2 Å². The predicted molar refractivity (Wildman–Crippen MR) is 92.7 cm³/mol. The van der Waals surface area contributed by atoms with E-state index in [1.165, 1.54) is 7.11 Å². The predicted octanol–water partition coefficient (Wildman–Crippen LogP) is 3.36. The van der Waals surface area contributed by atoms with Gasteiger partial charge < -0.3 is 15.2 Å². The Morgan fingerprint density at radius 1 is 1.17 bits per heavy atom. The lowest BCUT2D eigenvalue weighted by atomic mass is 9.97. The van der Waals surface area contributed by atoms with Crippen molar-refractivity contribution in [2.75, 3.05) is 7.11 Å². The van der Waals surface area contributed by atoms with Crippen LogP contribution in [0.4, 0.5) is 0 Å². The molecule has 0 fully saturated rings. The standard InChI is InChI=1S/C20H19NO3/c1-13-17(20(22)23-2)19(16-10-8-14(12-21)9-11-16)24-18(13)15-6-4-3-5-7-15/h3-11,18H,1,12,21H2,2H3/t18-/m0/s1. The zero-order chi connectivity index (χ0) is 17.1. The molecule has 4 heteroatoms. The normalized spacial score (nSPS) is 16.9. The minimum absolute atomic E-state index is 0.381. The number of hydrogen-bond acceptors (Lipinski definition) is 4. The maximum Gasteiger partial charge on any atom is 0.342 e. The van der Waals surface area contributed by atoms with Crippen molar-refractivity contribution in [3.05, 3.63) is 89.0 Å². The van der Waals surface area contributed by atoms with E-state index in [0.29, 0.717) is 23.5 Å². The van der Waals surface area contributed by atoms with E-state index in [1.807, 2.05) is 54.6 Å². The number of hydrogen-bond donors (Lipinski definition) is 1. The smallest absolute Gasteiger partial charge is 0.342 e. The third-order valence-corrected chi connectivity index (χ3v) is 4.04. The van der Waals surface area contributed by atoms with Crippen molar-refractivity contribution in [3.63, 3.8) is 0 Å². The number of benzene rings is 2. The van der Waals surface area contributed by atoms with Gasteiger partial charge in [-0.25, -0.2) is 4.79 Å². The molecule has 1 atom stereocenters. The second-order valence-corrected chi connectivity index (χ2v) is 5.53. The molecule has 24 heavy (non-hydrogen) atoms.